The van der Waals surface area contributed by atoms with Crippen molar-refractivity contribution in [2.24, 2.45) is 5.16 Å². The SMILES string of the molecule is C=CCON=Cc1ccc(N2C(=O)CN(CC=C)C2=O)cc1. The zero-order valence-electron chi connectivity index (χ0n) is 12.1. The molecule has 0 N–H and O–H groups in total. The predicted octanol–water partition coefficient (Wildman–Crippen LogP) is 2.18. The lowest BCUT2D eigenvalue weighted by molar-refractivity contribution is -0.116. The van der Waals surface area contributed by atoms with Gasteiger partial charge in [-0.15, -0.1) is 6.58 Å². The molecule has 0 spiro atoms. The molecule has 0 aliphatic carbocycles. The van der Waals surface area contributed by atoms with Crippen LogP contribution in [0.15, 0.2) is 54.7 Å². The third kappa shape index (κ3) is 3.41. The molecule has 1 aromatic rings. The van der Waals surface area contributed by atoms with Crippen LogP contribution in [0, 0.1) is 0 Å². The highest BCUT2D eigenvalue weighted by atomic mass is 16.6. The maximum Gasteiger partial charge on any atom is 0.332 e. The number of anilines is 1. The molecule has 1 saturated heterocycles. The van der Waals surface area contributed by atoms with Crippen molar-refractivity contribution in [2.75, 3.05) is 24.6 Å². The lowest BCUT2D eigenvalue weighted by Gasteiger charge is -2.15. The Labute approximate surface area is 129 Å². The Kier molecular flexibility index (Phi) is 5.08. The largest absolute Gasteiger partial charge is 0.392 e. The van der Waals surface area contributed by atoms with Crippen LogP contribution in [0.25, 0.3) is 0 Å². The van der Waals surface area contributed by atoms with Crippen LogP contribution >= 0.6 is 0 Å². The molecule has 0 radical (unpaired) electrons. The zero-order chi connectivity index (χ0) is 15.9. The summed E-state index contributed by atoms with van der Waals surface area (Å²) >= 11 is 0. The summed E-state index contributed by atoms with van der Waals surface area (Å²) in [5.41, 5.74) is 1.33. The number of nitrogens with zero attached hydrogens (tertiary/aromatic N) is 3. The molecular formula is C16H17N3O3. The molecule has 0 unspecified atom stereocenters. The van der Waals surface area contributed by atoms with Gasteiger partial charge in [-0.2, -0.15) is 0 Å². The monoisotopic (exact) mass is 299 g/mol. The van der Waals surface area contributed by atoms with E-state index in [0.29, 0.717) is 18.8 Å². The van der Waals surface area contributed by atoms with Crippen LogP contribution < -0.4 is 4.90 Å². The van der Waals surface area contributed by atoms with E-state index in [1.54, 1.807) is 42.6 Å². The second-order valence-electron chi connectivity index (χ2n) is 4.59. The van der Waals surface area contributed by atoms with E-state index in [0.717, 1.165) is 5.56 Å². The van der Waals surface area contributed by atoms with Gasteiger partial charge in [-0.1, -0.05) is 36.0 Å². The minimum absolute atomic E-state index is 0.0729. The van der Waals surface area contributed by atoms with Crippen LogP contribution in [-0.4, -0.2) is 42.7 Å². The van der Waals surface area contributed by atoms with Gasteiger partial charge in [0, 0.05) is 6.54 Å². The van der Waals surface area contributed by atoms with E-state index >= 15 is 0 Å². The molecule has 6 heteroatoms. The van der Waals surface area contributed by atoms with E-state index in [9.17, 15) is 9.59 Å². The van der Waals surface area contributed by atoms with Gasteiger partial charge in [-0.05, 0) is 17.7 Å². The number of benzene rings is 1. The molecule has 0 aromatic heterocycles. The number of imide groups is 1. The fraction of sp³-hybridized carbons (Fsp3) is 0.188. The standard InChI is InChI=1S/C16H17N3O3/c1-3-9-18-12-15(20)19(16(18)21)14-7-5-13(6-8-14)11-17-22-10-4-2/h3-8,11H,1-2,9-10,12H2. The van der Waals surface area contributed by atoms with Crippen LogP contribution in [0.5, 0.6) is 0 Å². The molecule has 6 nitrogen and oxygen atoms in total. The molecule has 3 amide bonds. The van der Waals surface area contributed by atoms with Gasteiger partial charge in [-0.25, -0.2) is 9.69 Å². The van der Waals surface area contributed by atoms with E-state index in [-0.39, 0.29) is 18.5 Å². The zero-order valence-corrected chi connectivity index (χ0v) is 12.1. The number of amides is 3. The maximum atomic E-state index is 12.2. The highest BCUT2D eigenvalue weighted by molar-refractivity contribution is 6.19. The third-order valence-electron chi connectivity index (χ3n) is 3.01. The molecule has 1 aliphatic rings. The Morgan fingerprint density at radius 2 is 1.91 bits per heavy atom. The van der Waals surface area contributed by atoms with Crippen LogP contribution in [0.3, 0.4) is 0 Å². The molecule has 22 heavy (non-hydrogen) atoms. The number of rotatable bonds is 7. The van der Waals surface area contributed by atoms with Gasteiger partial charge >= 0.3 is 6.03 Å². The minimum Gasteiger partial charge on any atom is -0.392 e. The first-order chi connectivity index (χ1) is 10.7. The fourth-order valence-corrected chi connectivity index (χ4v) is 2.01. The number of carbonyl (C=O) groups is 2. The number of urea groups is 1. The molecular weight excluding hydrogens is 282 g/mol. The highest BCUT2D eigenvalue weighted by Gasteiger charge is 2.36. The fourth-order valence-electron chi connectivity index (χ4n) is 2.01. The summed E-state index contributed by atoms with van der Waals surface area (Å²) in [6.07, 6.45) is 4.74. The summed E-state index contributed by atoms with van der Waals surface area (Å²) < 4.78 is 0. The van der Waals surface area contributed by atoms with Crippen molar-refractivity contribution in [2.45, 2.75) is 0 Å². The van der Waals surface area contributed by atoms with Crippen LogP contribution in [0.2, 0.25) is 0 Å². The van der Waals surface area contributed by atoms with E-state index in [4.69, 9.17) is 4.84 Å². The molecule has 0 saturated carbocycles. The van der Waals surface area contributed by atoms with E-state index < -0.39 is 0 Å². The van der Waals surface area contributed by atoms with Crippen molar-refractivity contribution in [1.82, 2.24) is 4.90 Å². The highest BCUT2D eigenvalue weighted by Crippen LogP contribution is 2.21. The summed E-state index contributed by atoms with van der Waals surface area (Å²) in [4.78, 5) is 31.6. The molecule has 1 aliphatic heterocycles. The van der Waals surface area contributed by atoms with Gasteiger partial charge in [0.25, 0.3) is 5.91 Å². The second kappa shape index (κ2) is 7.21. The topological polar surface area (TPSA) is 62.2 Å². The average Bonchev–Trinajstić information content (AvgIpc) is 2.79. The Balaban J connectivity index is 2.08. The predicted molar refractivity (Wildman–Crippen MR) is 84.8 cm³/mol. The van der Waals surface area contributed by atoms with Crippen molar-refractivity contribution in [3.8, 4) is 0 Å². The summed E-state index contributed by atoms with van der Waals surface area (Å²) in [5.74, 6) is -0.248. The van der Waals surface area contributed by atoms with Crippen molar-refractivity contribution in [3.05, 3.63) is 55.1 Å². The van der Waals surface area contributed by atoms with Crippen molar-refractivity contribution in [3.63, 3.8) is 0 Å². The average molecular weight is 299 g/mol. The van der Waals surface area contributed by atoms with Crippen LogP contribution in [0.4, 0.5) is 10.5 Å². The van der Waals surface area contributed by atoms with Crippen molar-refractivity contribution < 1.29 is 14.4 Å². The van der Waals surface area contributed by atoms with E-state index in [1.807, 2.05) is 0 Å². The molecule has 1 heterocycles. The lowest BCUT2D eigenvalue weighted by atomic mass is 10.2. The Morgan fingerprint density at radius 1 is 1.18 bits per heavy atom. The first-order valence-electron chi connectivity index (χ1n) is 6.76. The van der Waals surface area contributed by atoms with E-state index in [2.05, 4.69) is 18.3 Å². The number of hydrogen-bond donors (Lipinski definition) is 0. The van der Waals surface area contributed by atoms with Gasteiger partial charge in [0.2, 0.25) is 0 Å². The maximum absolute atomic E-state index is 12.2. The molecule has 0 bridgehead atoms. The molecule has 1 aromatic carbocycles. The Hall–Kier alpha value is -2.89. The van der Waals surface area contributed by atoms with Gasteiger partial charge in [-0.3, -0.25) is 4.79 Å². The number of carbonyl (C=O) groups excluding carboxylic acids is 2. The van der Waals surface area contributed by atoms with Crippen molar-refractivity contribution >= 4 is 23.8 Å². The minimum atomic E-state index is -0.333. The van der Waals surface area contributed by atoms with Gasteiger partial charge < -0.3 is 9.74 Å². The molecule has 1 fully saturated rings. The lowest BCUT2D eigenvalue weighted by Crippen LogP contribution is -2.33. The third-order valence-corrected chi connectivity index (χ3v) is 3.01. The first-order valence-corrected chi connectivity index (χ1v) is 6.76. The van der Waals surface area contributed by atoms with Crippen LogP contribution in [-0.2, 0) is 9.63 Å². The second-order valence-corrected chi connectivity index (χ2v) is 4.59. The summed E-state index contributed by atoms with van der Waals surface area (Å²) in [5, 5.41) is 3.76. The summed E-state index contributed by atoms with van der Waals surface area (Å²) in [6.45, 7) is 7.86. The summed E-state index contributed by atoms with van der Waals surface area (Å²) in [7, 11) is 0. The van der Waals surface area contributed by atoms with Gasteiger partial charge in [0.15, 0.2) is 0 Å². The molecule has 114 valence electrons. The number of oxime groups is 1. The van der Waals surface area contributed by atoms with Gasteiger partial charge in [0.1, 0.15) is 13.2 Å². The molecule has 0 atom stereocenters. The Morgan fingerprint density at radius 3 is 2.55 bits per heavy atom. The van der Waals surface area contributed by atoms with Crippen LogP contribution in [0.1, 0.15) is 5.56 Å². The smallest absolute Gasteiger partial charge is 0.332 e. The Bertz CT molecular complexity index is 608. The quantitative estimate of drug-likeness (QED) is 0.255. The summed E-state index contributed by atoms with van der Waals surface area (Å²) in [6, 6.07) is 6.57. The first kappa shape index (κ1) is 15.5. The van der Waals surface area contributed by atoms with E-state index in [1.165, 1.54) is 9.80 Å². The van der Waals surface area contributed by atoms with Crippen molar-refractivity contribution in [1.29, 1.82) is 0 Å². The van der Waals surface area contributed by atoms with Gasteiger partial charge in [0.05, 0.1) is 11.9 Å². The normalized spacial score (nSPS) is 14.7. The molecule has 2 rings (SSSR count). The number of hydrogen-bond acceptors (Lipinski definition) is 4.